The summed E-state index contributed by atoms with van der Waals surface area (Å²) >= 11 is 3.24. The van der Waals surface area contributed by atoms with Crippen LogP contribution in [0, 0.1) is 5.92 Å². The summed E-state index contributed by atoms with van der Waals surface area (Å²) in [6.07, 6.45) is 2.30. The van der Waals surface area contributed by atoms with Gasteiger partial charge in [0.1, 0.15) is 5.82 Å². The number of aromatic nitrogens is 2. The molecule has 15 heavy (non-hydrogen) atoms. The highest BCUT2D eigenvalue weighted by Crippen LogP contribution is 2.15. The first-order chi connectivity index (χ1) is 6.99. The van der Waals surface area contributed by atoms with Crippen LogP contribution in [-0.2, 0) is 17.6 Å². The van der Waals surface area contributed by atoms with Crippen LogP contribution in [0.3, 0.4) is 0 Å². The number of carboxylic acids is 1. The lowest BCUT2D eigenvalue weighted by Crippen LogP contribution is -2.08. The third kappa shape index (κ3) is 3.95. The van der Waals surface area contributed by atoms with Gasteiger partial charge in [0, 0.05) is 12.6 Å². The lowest BCUT2D eigenvalue weighted by molar-refractivity contribution is -0.136. The molecule has 5 heteroatoms. The van der Waals surface area contributed by atoms with E-state index >= 15 is 0 Å². The lowest BCUT2D eigenvalue weighted by Gasteiger charge is -2.06. The molecule has 82 valence electrons. The van der Waals surface area contributed by atoms with E-state index in [0.717, 1.165) is 6.42 Å². The van der Waals surface area contributed by atoms with Gasteiger partial charge in [-0.2, -0.15) is 0 Å². The standard InChI is InChI=1S/C10H13BrN2O2/c1-6(2)3-9-12-5-7(11)8(13-9)4-10(14)15/h5-6H,3-4H2,1-2H3,(H,14,15). The average molecular weight is 273 g/mol. The molecule has 0 spiro atoms. The summed E-state index contributed by atoms with van der Waals surface area (Å²) in [4.78, 5) is 18.9. The number of rotatable bonds is 4. The molecule has 1 rings (SSSR count). The van der Waals surface area contributed by atoms with Crippen molar-refractivity contribution in [1.82, 2.24) is 9.97 Å². The van der Waals surface area contributed by atoms with E-state index in [-0.39, 0.29) is 6.42 Å². The Hall–Kier alpha value is -0.970. The van der Waals surface area contributed by atoms with Crippen LogP contribution in [0.2, 0.25) is 0 Å². The maximum absolute atomic E-state index is 10.6. The molecule has 0 atom stereocenters. The van der Waals surface area contributed by atoms with E-state index in [1.807, 2.05) is 0 Å². The first kappa shape index (κ1) is 12.1. The predicted octanol–water partition coefficient (Wildman–Crippen LogP) is 2.06. The van der Waals surface area contributed by atoms with Gasteiger partial charge in [0.25, 0.3) is 0 Å². The van der Waals surface area contributed by atoms with Gasteiger partial charge in [0.2, 0.25) is 0 Å². The van der Waals surface area contributed by atoms with Crippen LogP contribution in [0.1, 0.15) is 25.4 Å². The summed E-state index contributed by atoms with van der Waals surface area (Å²) in [7, 11) is 0. The zero-order valence-electron chi connectivity index (χ0n) is 8.70. The zero-order valence-corrected chi connectivity index (χ0v) is 10.3. The number of carboxylic acid groups (broad SMARTS) is 1. The largest absolute Gasteiger partial charge is 0.481 e. The SMILES string of the molecule is CC(C)Cc1ncc(Br)c(CC(=O)O)n1. The normalized spacial score (nSPS) is 10.7. The van der Waals surface area contributed by atoms with Crippen LogP contribution in [-0.4, -0.2) is 21.0 Å². The van der Waals surface area contributed by atoms with E-state index in [1.54, 1.807) is 6.20 Å². The fraction of sp³-hybridized carbons (Fsp3) is 0.500. The maximum Gasteiger partial charge on any atom is 0.309 e. The van der Waals surface area contributed by atoms with Crippen molar-refractivity contribution in [2.24, 2.45) is 5.92 Å². The second-order valence-electron chi connectivity index (χ2n) is 3.75. The molecule has 0 unspecified atom stereocenters. The predicted molar refractivity (Wildman–Crippen MR) is 59.6 cm³/mol. The van der Waals surface area contributed by atoms with E-state index in [4.69, 9.17) is 5.11 Å². The Kier molecular flexibility index (Phi) is 4.20. The molecule has 1 aromatic rings. The molecule has 0 bridgehead atoms. The quantitative estimate of drug-likeness (QED) is 0.912. The van der Waals surface area contributed by atoms with Crippen LogP contribution in [0.15, 0.2) is 10.7 Å². The first-order valence-electron chi connectivity index (χ1n) is 4.71. The second kappa shape index (κ2) is 5.21. The van der Waals surface area contributed by atoms with Gasteiger partial charge in [-0.25, -0.2) is 9.97 Å². The van der Waals surface area contributed by atoms with Crippen LogP contribution in [0.25, 0.3) is 0 Å². The maximum atomic E-state index is 10.6. The Labute approximate surface area is 96.9 Å². The number of hydrogen-bond donors (Lipinski definition) is 1. The molecular weight excluding hydrogens is 260 g/mol. The molecule has 1 N–H and O–H groups in total. The summed E-state index contributed by atoms with van der Waals surface area (Å²) in [6.45, 7) is 4.14. The molecule has 0 saturated carbocycles. The minimum absolute atomic E-state index is 0.0752. The van der Waals surface area contributed by atoms with E-state index in [0.29, 0.717) is 21.9 Å². The number of carbonyl (C=O) groups is 1. The van der Waals surface area contributed by atoms with Crippen molar-refractivity contribution >= 4 is 21.9 Å². The second-order valence-corrected chi connectivity index (χ2v) is 4.60. The minimum atomic E-state index is -0.884. The van der Waals surface area contributed by atoms with Crippen molar-refractivity contribution in [3.05, 3.63) is 22.2 Å². The molecule has 1 aromatic heterocycles. The van der Waals surface area contributed by atoms with Crippen LogP contribution >= 0.6 is 15.9 Å². The Bertz CT molecular complexity index is 366. The Morgan fingerprint density at radius 2 is 2.27 bits per heavy atom. The average Bonchev–Trinajstić information content (AvgIpc) is 2.09. The number of halogens is 1. The van der Waals surface area contributed by atoms with Crippen LogP contribution < -0.4 is 0 Å². The molecule has 0 aliphatic heterocycles. The van der Waals surface area contributed by atoms with Crippen LogP contribution in [0.5, 0.6) is 0 Å². The summed E-state index contributed by atoms with van der Waals surface area (Å²) in [5.41, 5.74) is 0.535. The zero-order chi connectivity index (χ0) is 11.4. The minimum Gasteiger partial charge on any atom is -0.481 e. The summed E-state index contributed by atoms with van der Waals surface area (Å²) < 4.78 is 0.650. The smallest absolute Gasteiger partial charge is 0.309 e. The Balaban J connectivity index is 2.89. The van der Waals surface area contributed by atoms with Gasteiger partial charge in [0.05, 0.1) is 16.6 Å². The third-order valence-electron chi connectivity index (χ3n) is 1.78. The molecule has 0 radical (unpaired) electrons. The van der Waals surface area contributed by atoms with E-state index < -0.39 is 5.97 Å². The Morgan fingerprint density at radius 1 is 1.60 bits per heavy atom. The summed E-state index contributed by atoms with van der Waals surface area (Å²) in [6, 6.07) is 0. The Morgan fingerprint density at radius 3 is 2.80 bits per heavy atom. The van der Waals surface area contributed by atoms with Gasteiger partial charge in [-0.05, 0) is 21.8 Å². The monoisotopic (exact) mass is 272 g/mol. The number of aliphatic carboxylic acids is 1. The van der Waals surface area contributed by atoms with Crippen molar-refractivity contribution in [3.8, 4) is 0 Å². The highest BCUT2D eigenvalue weighted by atomic mass is 79.9. The molecule has 0 saturated heterocycles. The highest BCUT2D eigenvalue weighted by molar-refractivity contribution is 9.10. The van der Waals surface area contributed by atoms with Gasteiger partial charge in [-0.1, -0.05) is 13.8 Å². The molecule has 1 heterocycles. The van der Waals surface area contributed by atoms with E-state index in [1.165, 1.54) is 0 Å². The van der Waals surface area contributed by atoms with Gasteiger partial charge in [-0.3, -0.25) is 4.79 Å². The van der Waals surface area contributed by atoms with Crippen molar-refractivity contribution in [2.45, 2.75) is 26.7 Å². The number of nitrogens with zero attached hydrogens (tertiary/aromatic N) is 2. The summed E-state index contributed by atoms with van der Waals surface area (Å²) in [5, 5.41) is 8.68. The number of hydrogen-bond acceptors (Lipinski definition) is 3. The highest BCUT2D eigenvalue weighted by Gasteiger charge is 2.09. The van der Waals surface area contributed by atoms with Gasteiger partial charge >= 0.3 is 5.97 Å². The van der Waals surface area contributed by atoms with Crippen molar-refractivity contribution < 1.29 is 9.90 Å². The van der Waals surface area contributed by atoms with Crippen LogP contribution in [0.4, 0.5) is 0 Å². The molecule has 0 amide bonds. The topological polar surface area (TPSA) is 63.1 Å². The van der Waals surface area contributed by atoms with Gasteiger partial charge in [0.15, 0.2) is 0 Å². The molecule has 0 aliphatic rings. The fourth-order valence-electron chi connectivity index (χ4n) is 1.17. The van der Waals surface area contributed by atoms with Crippen molar-refractivity contribution in [2.75, 3.05) is 0 Å². The lowest BCUT2D eigenvalue weighted by atomic mass is 10.1. The molecule has 4 nitrogen and oxygen atoms in total. The van der Waals surface area contributed by atoms with E-state index in [2.05, 4.69) is 39.7 Å². The molecule has 0 aliphatic carbocycles. The first-order valence-corrected chi connectivity index (χ1v) is 5.50. The third-order valence-corrected chi connectivity index (χ3v) is 2.44. The van der Waals surface area contributed by atoms with Gasteiger partial charge < -0.3 is 5.11 Å². The van der Waals surface area contributed by atoms with Crippen molar-refractivity contribution in [1.29, 1.82) is 0 Å². The molecule has 0 fully saturated rings. The fourth-order valence-corrected chi connectivity index (χ4v) is 1.51. The van der Waals surface area contributed by atoms with E-state index in [9.17, 15) is 4.79 Å². The summed E-state index contributed by atoms with van der Waals surface area (Å²) in [5.74, 6) is 0.276. The molecular formula is C10H13BrN2O2. The molecule has 0 aromatic carbocycles. The van der Waals surface area contributed by atoms with Gasteiger partial charge in [-0.15, -0.1) is 0 Å². The van der Waals surface area contributed by atoms with Crippen molar-refractivity contribution in [3.63, 3.8) is 0 Å².